The minimum absolute atomic E-state index is 0.0616. The monoisotopic (exact) mass is 280 g/mol. The first-order chi connectivity index (χ1) is 8.90. The summed E-state index contributed by atoms with van der Waals surface area (Å²) >= 11 is 0. The Balaban J connectivity index is 2.53. The Labute approximate surface area is 113 Å². The second kappa shape index (κ2) is 5.13. The lowest BCUT2D eigenvalue weighted by Gasteiger charge is -2.15. The van der Waals surface area contributed by atoms with E-state index in [1.165, 1.54) is 0 Å². The number of aromatic carboxylic acids is 1. The van der Waals surface area contributed by atoms with E-state index in [1.54, 1.807) is 24.5 Å². The second-order valence-corrected chi connectivity index (χ2v) is 6.11. The van der Waals surface area contributed by atoms with Crippen molar-refractivity contribution in [1.82, 2.24) is 9.55 Å². The lowest BCUT2D eigenvalue weighted by atomic mass is 10.2. The number of aryl methyl sites for hydroxylation is 1. The first-order valence-corrected chi connectivity index (χ1v) is 7.64. The van der Waals surface area contributed by atoms with E-state index in [0.29, 0.717) is 11.3 Å². The topological polar surface area (TPSA) is 72.2 Å². The van der Waals surface area contributed by atoms with Crippen LogP contribution in [0, 0.1) is 6.92 Å². The van der Waals surface area contributed by atoms with Crippen LogP contribution in [0.4, 0.5) is 0 Å². The Kier molecular flexibility index (Phi) is 3.71. The minimum Gasteiger partial charge on any atom is -0.478 e. The average Bonchev–Trinajstić information content (AvgIpc) is 2.62. The van der Waals surface area contributed by atoms with E-state index in [0.717, 1.165) is 11.3 Å². The van der Waals surface area contributed by atoms with E-state index >= 15 is 0 Å². The maximum absolute atomic E-state index is 11.3. The molecule has 0 saturated heterocycles. The van der Waals surface area contributed by atoms with Crippen LogP contribution in [0.25, 0.3) is 11.0 Å². The molecule has 6 heteroatoms. The van der Waals surface area contributed by atoms with E-state index < -0.39 is 16.8 Å². The number of carbonyl (C=O) groups is 1. The summed E-state index contributed by atoms with van der Waals surface area (Å²) in [5.41, 5.74) is 1.76. The third-order valence-electron chi connectivity index (χ3n) is 3.03. The van der Waals surface area contributed by atoms with Gasteiger partial charge in [0.25, 0.3) is 0 Å². The van der Waals surface area contributed by atoms with Gasteiger partial charge < -0.3 is 9.67 Å². The molecule has 0 fully saturated rings. The van der Waals surface area contributed by atoms with Crippen LogP contribution < -0.4 is 0 Å². The molecule has 1 aromatic heterocycles. The van der Waals surface area contributed by atoms with Crippen LogP contribution in [0.1, 0.15) is 29.1 Å². The zero-order valence-corrected chi connectivity index (χ0v) is 11.9. The number of imidazole rings is 1. The molecular weight excluding hydrogens is 264 g/mol. The molecule has 1 aromatic carbocycles. The molecule has 2 aromatic rings. The first kappa shape index (κ1) is 13.7. The molecule has 19 heavy (non-hydrogen) atoms. The molecule has 0 bridgehead atoms. The molecule has 0 aliphatic carbocycles. The van der Waals surface area contributed by atoms with E-state index in [1.807, 2.05) is 18.4 Å². The zero-order valence-electron chi connectivity index (χ0n) is 11.1. The molecule has 2 unspecified atom stereocenters. The molecule has 2 rings (SSSR count). The molecule has 0 amide bonds. The largest absolute Gasteiger partial charge is 0.478 e. The fourth-order valence-electron chi connectivity index (χ4n) is 2.32. The summed E-state index contributed by atoms with van der Waals surface area (Å²) in [4.78, 5) is 15.3. The number of hydrogen-bond donors (Lipinski definition) is 1. The predicted molar refractivity (Wildman–Crippen MR) is 75.1 cm³/mol. The highest BCUT2D eigenvalue weighted by atomic mass is 32.2. The number of benzene rings is 1. The van der Waals surface area contributed by atoms with Gasteiger partial charge in [0.05, 0.1) is 16.6 Å². The number of fused-ring (bicyclic) bond motifs is 1. The van der Waals surface area contributed by atoms with Crippen molar-refractivity contribution in [2.24, 2.45) is 0 Å². The maximum atomic E-state index is 11.3. The number of nitrogens with zero attached hydrogens (tertiary/aromatic N) is 2. The molecule has 0 spiro atoms. The van der Waals surface area contributed by atoms with E-state index in [9.17, 15) is 9.00 Å². The van der Waals surface area contributed by atoms with Crippen molar-refractivity contribution in [2.75, 3.05) is 12.0 Å². The molecule has 0 aliphatic rings. The van der Waals surface area contributed by atoms with Crippen LogP contribution in [0.2, 0.25) is 0 Å². The van der Waals surface area contributed by atoms with Crippen LogP contribution >= 0.6 is 0 Å². The first-order valence-electron chi connectivity index (χ1n) is 5.92. The van der Waals surface area contributed by atoms with Crippen LogP contribution in [0.5, 0.6) is 0 Å². The fourth-order valence-corrected chi connectivity index (χ4v) is 3.15. The SMILES string of the molecule is Cc1nc2cc(C(=O)O)ccc2n1C(C)CS(C)=O. The zero-order chi connectivity index (χ0) is 14.2. The third-order valence-corrected chi connectivity index (χ3v) is 3.98. The molecule has 102 valence electrons. The van der Waals surface area contributed by atoms with Crippen molar-refractivity contribution in [3.8, 4) is 0 Å². The highest BCUT2D eigenvalue weighted by molar-refractivity contribution is 7.84. The van der Waals surface area contributed by atoms with Crippen molar-refractivity contribution in [1.29, 1.82) is 0 Å². The fraction of sp³-hybridized carbons (Fsp3) is 0.385. The lowest BCUT2D eigenvalue weighted by Crippen LogP contribution is -2.14. The number of carboxylic acids is 1. The van der Waals surface area contributed by atoms with Gasteiger partial charge in [-0.3, -0.25) is 4.21 Å². The second-order valence-electron chi connectivity index (χ2n) is 4.63. The summed E-state index contributed by atoms with van der Waals surface area (Å²) < 4.78 is 13.3. The van der Waals surface area contributed by atoms with Crippen LogP contribution in [-0.2, 0) is 10.8 Å². The summed E-state index contributed by atoms with van der Waals surface area (Å²) in [6.07, 6.45) is 1.67. The molecule has 0 radical (unpaired) electrons. The molecule has 1 N–H and O–H groups in total. The van der Waals surface area contributed by atoms with Gasteiger partial charge in [0.1, 0.15) is 5.82 Å². The maximum Gasteiger partial charge on any atom is 0.335 e. The van der Waals surface area contributed by atoms with Gasteiger partial charge in [-0.1, -0.05) is 0 Å². The van der Waals surface area contributed by atoms with Gasteiger partial charge in [-0.05, 0) is 32.0 Å². The smallest absolute Gasteiger partial charge is 0.335 e. The van der Waals surface area contributed by atoms with Crippen molar-refractivity contribution in [3.05, 3.63) is 29.6 Å². The van der Waals surface area contributed by atoms with E-state index in [-0.39, 0.29) is 11.6 Å². The van der Waals surface area contributed by atoms with Gasteiger partial charge in [-0.2, -0.15) is 0 Å². The Morgan fingerprint density at radius 2 is 2.21 bits per heavy atom. The number of hydrogen-bond acceptors (Lipinski definition) is 3. The summed E-state index contributed by atoms with van der Waals surface area (Å²) in [6, 6.07) is 4.95. The quantitative estimate of drug-likeness (QED) is 0.929. The molecular formula is C13H16N2O3S. The molecule has 2 atom stereocenters. The molecule has 1 heterocycles. The Bertz CT molecular complexity index is 663. The van der Waals surface area contributed by atoms with Crippen molar-refractivity contribution in [3.63, 3.8) is 0 Å². The lowest BCUT2D eigenvalue weighted by molar-refractivity contribution is 0.0697. The third kappa shape index (κ3) is 2.68. The van der Waals surface area contributed by atoms with Gasteiger partial charge >= 0.3 is 5.97 Å². The van der Waals surface area contributed by atoms with E-state index in [2.05, 4.69) is 4.98 Å². The van der Waals surface area contributed by atoms with Gasteiger partial charge in [-0.25, -0.2) is 9.78 Å². The standard InChI is InChI=1S/C13H16N2O3S/c1-8(7-19(3)18)15-9(2)14-11-6-10(13(16)17)4-5-12(11)15/h4-6,8H,7H2,1-3H3,(H,16,17). The minimum atomic E-state index is -0.961. The van der Waals surface area contributed by atoms with E-state index in [4.69, 9.17) is 5.11 Å². The summed E-state index contributed by atoms with van der Waals surface area (Å²) in [7, 11) is -0.886. The van der Waals surface area contributed by atoms with Gasteiger partial charge in [0.2, 0.25) is 0 Å². The normalized spacial score (nSPS) is 14.5. The number of carboxylic acid groups (broad SMARTS) is 1. The average molecular weight is 280 g/mol. The number of aromatic nitrogens is 2. The molecule has 0 saturated carbocycles. The van der Waals surface area contributed by atoms with Crippen molar-refractivity contribution >= 4 is 27.8 Å². The van der Waals surface area contributed by atoms with Crippen molar-refractivity contribution in [2.45, 2.75) is 19.9 Å². The summed E-state index contributed by atoms with van der Waals surface area (Å²) in [5.74, 6) is 0.389. The van der Waals surface area contributed by atoms with Crippen LogP contribution in [-0.4, -0.2) is 36.8 Å². The summed E-state index contributed by atoms with van der Waals surface area (Å²) in [6.45, 7) is 3.86. The molecule has 0 aliphatic heterocycles. The van der Waals surface area contributed by atoms with Gasteiger partial charge in [-0.15, -0.1) is 0 Å². The summed E-state index contributed by atoms with van der Waals surface area (Å²) in [5, 5.41) is 8.97. The van der Waals surface area contributed by atoms with Gasteiger partial charge in [0.15, 0.2) is 0 Å². The number of rotatable bonds is 4. The van der Waals surface area contributed by atoms with Crippen molar-refractivity contribution < 1.29 is 14.1 Å². The van der Waals surface area contributed by atoms with Gasteiger partial charge in [0, 0.05) is 28.9 Å². The highest BCUT2D eigenvalue weighted by Crippen LogP contribution is 2.22. The van der Waals surface area contributed by atoms with Crippen LogP contribution in [0.3, 0.4) is 0 Å². The highest BCUT2D eigenvalue weighted by Gasteiger charge is 2.15. The Morgan fingerprint density at radius 3 is 2.79 bits per heavy atom. The molecule has 5 nitrogen and oxygen atoms in total. The Hall–Kier alpha value is -1.69. The van der Waals surface area contributed by atoms with Crippen LogP contribution in [0.15, 0.2) is 18.2 Å². The Morgan fingerprint density at radius 1 is 1.53 bits per heavy atom. The predicted octanol–water partition coefficient (Wildman–Crippen LogP) is 1.98.